The smallest absolute Gasteiger partial charge is 0.352 e. The van der Waals surface area contributed by atoms with Gasteiger partial charge in [-0.1, -0.05) is 12.1 Å². The summed E-state index contributed by atoms with van der Waals surface area (Å²) in [4.78, 5) is 12.5. The van der Waals surface area contributed by atoms with Crippen LogP contribution >= 0.6 is 15.9 Å². The van der Waals surface area contributed by atoms with Crippen LogP contribution in [0, 0.1) is 0 Å². The van der Waals surface area contributed by atoms with Gasteiger partial charge in [0.1, 0.15) is 0 Å². The van der Waals surface area contributed by atoms with Crippen molar-refractivity contribution in [3.63, 3.8) is 0 Å². The van der Waals surface area contributed by atoms with E-state index in [1.807, 2.05) is 18.3 Å². The minimum absolute atomic E-state index is 0.163. The zero-order valence-electron chi connectivity index (χ0n) is 16.6. The molecule has 4 rings (SSSR count). The number of aromatic nitrogens is 4. The van der Waals surface area contributed by atoms with Gasteiger partial charge in [-0.25, -0.2) is 0 Å². The van der Waals surface area contributed by atoms with Crippen LogP contribution < -0.4 is 5.32 Å². The molecule has 10 heteroatoms. The first kappa shape index (κ1) is 21.6. The van der Waals surface area contributed by atoms with Crippen LogP contribution in [0.4, 0.5) is 13.2 Å². The number of halogens is 4. The molecule has 31 heavy (non-hydrogen) atoms. The molecule has 0 bridgehead atoms. The van der Waals surface area contributed by atoms with E-state index in [2.05, 4.69) is 31.4 Å². The van der Waals surface area contributed by atoms with Gasteiger partial charge < -0.3 is 5.32 Å². The highest BCUT2D eigenvalue weighted by Gasteiger charge is 2.37. The third-order valence-electron chi connectivity index (χ3n) is 5.06. The van der Waals surface area contributed by atoms with Crippen molar-refractivity contribution in [3.05, 3.63) is 69.7 Å². The molecule has 1 N–H and O–H groups in total. The maximum Gasteiger partial charge on any atom is 0.435 e. The Hall–Kier alpha value is -2.62. The summed E-state index contributed by atoms with van der Waals surface area (Å²) in [5.41, 5.74) is 1.26. The predicted molar refractivity (Wildman–Crippen MR) is 112 cm³/mol. The molecule has 1 saturated carbocycles. The van der Waals surface area contributed by atoms with Crippen molar-refractivity contribution >= 4 is 21.8 Å². The minimum Gasteiger partial charge on any atom is -0.352 e. The van der Waals surface area contributed by atoms with Gasteiger partial charge in [0.25, 0.3) is 5.91 Å². The molecule has 6 nitrogen and oxygen atoms in total. The van der Waals surface area contributed by atoms with E-state index >= 15 is 0 Å². The summed E-state index contributed by atoms with van der Waals surface area (Å²) in [7, 11) is 0. The largest absolute Gasteiger partial charge is 0.435 e. The van der Waals surface area contributed by atoms with Crippen LogP contribution in [0.15, 0.2) is 47.2 Å². The fraction of sp³-hybridized carbons (Fsp3) is 0.381. The number of rotatable bonds is 8. The number of carbonyl (C=O) groups is 1. The van der Waals surface area contributed by atoms with Crippen LogP contribution in [-0.4, -0.2) is 32.0 Å². The summed E-state index contributed by atoms with van der Waals surface area (Å²) >= 11 is 3.35. The molecule has 0 unspecified atom stereocenters. The molecule has 3 aromatic rings. The highest BCUT2D eigenvalue weighted by Crippen LogP contribution is 2.42. The number of nitrogens with one attached hydrogen (secondary N) is 1. The normalized spacial score (nSPS) is 14.1. The van der Waals surface area contributed by atoms with E-state index in [4.69, 9.17) is 0 Å². The van der Waals surface area contributed by atoms with E-state index in [0.29, 0.717) is 37.3 Å². The van der Waals surface area contributed by atoms with E-state index in [-0.39, 0.29) is 11.8 Å². The highest BCUT2D eigenvalue weighted by molar-refractivity contribution is 9.10. The number of alkyl halides is 3. The second-order valence-corrected chi connectivity index (χ2v) is 8.53. The monoisotopic (exact) mass is 495 g/mol. The molecule has 1 fully saturated rings. The molecule has 164 valence electrons. The quantitative estimate of drug-likeness (QED) is 0.464. The molecule has 0 aliphatic heterocycles. The lowest BCUT2D eigenvalue weighted by molar-refractivity contribution is -0.141. The Morgan fingerprint density at radius 3 is 2.74 bits per heavy atom. The van der Waals surface area contributed by atoms with Gasteiger partial charge in [-0.2, -0.15) is 23.4 Å². The Morgan fingerprint density at radius 2 is 2.06 bits per heavy atom. The van der Waals surface area contributed by atoms with Crippen molar-refractivity contribution in [2.45, 2.75) is 44.4 Å². The third-order valence-corrected chi connectivity index (χ3v) is 5.47. The standard InChI is InChI=1S/C21H21BrF3N5O/c22-17-11-27-29(13-17)12-14-3-1-4-16(9-14)20(31)26-7-2-8-30-18(15-5-6-15)10-19(28-30)21(23,24)25/h1,3-4,9-11,13,15H,2,5-8,12H2,(H,26,31). The molecular formula is C21H21BrF3N5O. The summed E-state index contributed by atoms with van der Waals surface area (Å²) < 4.78 is 43.0. The highest BCUT2D eigenvalue weighted by atomic mass is 79.9. The van der Waals surface area contributed by atoms with Crippen LogP contribution in [0.25, 0.3) is 0 Å². The molecule has 1 aliphatic rings. The minimum atomic E-state index is -4.44. The van der Waals surface area contributed by atoms with E-state index in [0.717, 1.165) is 28.9 Å². The zero-order valence-corrected chi connectivity index (χ0v) is 18.2. The number of hydrogen-bond acceptors (Lipinski definition) is 3. The van der Waals surface area contributed by atoms with Gasteiger partial charge in [-0.3, -0.25) is 14.2 Å². The molecule has 0 saturated heterocycles. The van der Waals surface area contributed by atoms with Crippen LogP contribution in [0.5, 0.6) is 0 Å². The average Bonchev–Trinajstić information content (AvgIpc) is 3.34. The number of amides is 1. The first-order valence-electron chi connectivity index (χ1n) is 9.99. The first-order chi connectivity index (χ1) is 14.8. The molecule has 1 amide bonds. The predicted octanol–water partition coefficient (Wildman–Crippen LogP) is 4.61. The number of aryl methyl sites for hydroxylation is 1. The van der Waals surface area contributed by atoms with Gasteiger partial charge in [-0.15, -0.1) is 0 Å². The summed E-state index contributed by atoms with van der Waals surface area (Å²) in [6, 6.07) is 8.42. The van der Waals surface area contributed by atoms with Crippen molar-refractivity contribution in [1.82, 2.24) is 24.9 Å². The van der Waals surface area contributed by atoms with Crippen molar-refractivity contribution in [2.24, 2.45) is 0 Å². The van der Waals surface area contributed by atoms with E-state index < -0.39 is 11.9 Å². The second-order valence-electron chi connectivity index (χ2n) is 7.62. The molecule has 2 aromatic heterocycles. The Balaban J connectivity index is 1.31. The average molecular weight is 496 g/mol. The van der Waals surface area contributed by atoms with E-state index in [1.165, 1.54) is 4.68 Å². The zero-order chi connectivity index (χ0) is 22.0. The maximum absolute atomic E-state index is 13.0. The van der Waals surface area contributed by atoms with Crippen molar-refractivity contribution < 1.29 is 18.0 Å². The second kappa shape index (κ2) is 8.86. The van der Waals surface area contributed by atoms with E-state index in [9.17, 15) is 18.0 Å². The number of nitrogens with zero attached hydrogens (tertiary/aromatic N) is 4. The molecule has 2 heterocycles. The number of carbonyl (C=O) groups excluding carboxylic acids is 1. The summed E-state index contributed by atoms with van der Waals surface area (Å²) in [6.07, 6.45) is 1.38. The lowest BCUT2D eigenvalue weighted by Crippen LogP contribution is -2.25. The Morgan fingerprint density at radius 1 is 1.26 bits per heavy atom. The lowest BCUT2D eigenvalue weighted by Gasteiger charge is -2.09. The molecule has 1 aliphatic carbocycles. The Labute approximate surface area is 185 Å². The van der Waals surface area contributed by atoms with Crippen molar-refractivity contribution in [2.75, 3.05) is 6.54 Å². The van der Waals surface area contributed by atoms with Gasteiger partial charge in [0.2, 0.25) is 0 Å². The fourth-order valence-corrected chi connectivity index (χ4v) is 3.74. The van der Waals surface area contributed by atoms with Gasteiger partial charge in [0, 0.05) is 36.5 Å². The van der Waals surface area contributed by atoms with Crippen LogP contribution in [0.2, 0.25) is 0 Å². The number of hydrogen-bond donors (Lipinski definition) is 1. The Kier molecular flexibility index (Phi) is 6.17. The summed E-state index contributed by atoms with van der Waals surface area (Å²) in [5.74, 6) is -0.0568. The summed E-state index contributed by atoms with van der Waals surface area (Å²) in [5, 5.41) is 10.8. The van der Waals surface area contributed by atoms with E-state index in [1.54, 1.807) is 23.0 Å². The van der Waals surface area contributed by atoms with Crippen molar-refractivity contribution in [1.29, 1.82) is 0 Å². The van der Waals surface area contributed by atoms with Crippen molar-refractivity contribution in [3.8, 4) is 0 Å². The topological polar surface area (TPSA) is 64.7 Å². The van der Waals surface area contributed by atoms with Crippen LogP contribution in [-0.2, 0) is 19.3 Å². The third kappa shape index (κ3) is 5.55. The van der Waals surface area contributed by atoms with Crippen LogP contribution in [0.1, 0.15) is 52.5 Å². The molecule has 1 aromatic carbocycles. The van der Waals surface area contributed by atoms with Gasteiger partial charge in [-0.05, 0) is 59.0 Å². The lowest BCUT2D eigenvalue weighted by atomic mass is 10.1. The fourth-order valence-electron chi connectivity index (χ4n) is 3.41. The SMILES string of the molecule is O=C(NCCCn1nc(C(F)(F)F)cc1C1CC1)c1cccc(Cn2cc(Br)cn2)c1. The van der Waals surface area contributed by atoms with Gasteiger partial charge in [0.05, 0.1) is 17.2 Å². The molecule has 0 atom stereocenters. The van der Waals surface area contributed by atoms with Gasteiger partial charge in [0.15, 0.2) is 5.69 Å². The molecule has 0 radical (unpaired) electrons. The first-order valence-corrected chi connectivity index (χ1v) is 10.8. The van der Waals surface area contributed by atoms with Crippen LogP contribution in [0.3, 0.4) is 0 Å². The summed E-state index contributed by atoms with van der Waals surface area (Å²) in [6.45, 7) is 1.22. The molecular weight excluding hydrogens is 475 g/mol. The molecule has 0 spiro atoms. The Bertz CT molecular complexity index is 1070. The number of benzene rings is 1. The van der Waals surface area contributed by atoms with Gasteiger partial charge >= 0.3 is 6.18 Å². The maximum atomic E-state index is 13.0.